The molecule has 0 bridgehead atoms. The van der Waals surface area contributed by atoms with E-state index in [0.29, 0.717) is 28.5 Å². The van der Waals surface area contributed by atoms with Crippen LogP contribution in [0.1, 0.15) is 31.2 Å². The van der Waals surface area contributed by atoms with E-state index in [-0.39, 0.29) is 18.6 Å². The number of allylic oxidation sites excluding steroid dienone is 1. The minimum atomic E-state index is -0.109. The molecule has 0 unspecified atom stereocenters. The number of amides is 1. The van der Waals surface area contributed by atoms with Gasteiger partial charge in [0.1, 0.15) is 11.6 Å². The quantitative estimate of drug-likeness (QED) is 0.238. The molecule has 0 spiro atoms. The first-order chi connectivity index (χ1) is 18.6. The Labute approximate surface area is 220 Å². The van der Waals surface area contributed by atoms with Gasteiger partial charge in [0, 0.05) is 46.9 Å². The molecule has 2 aromatic carbocycles. The van der Waals surface area contributed by atoms with E-state index in [1.807, 2.05) is 54.6 Å². The summed E-state index contributed by atoms with van der Waals surface area (Å²) in [5.74, 6) is 1.59. The van der Waals surface area contributed by atoms with E-state index in [4.69, 9.17) is 25.8 Å². The fourth-order valence-electron chi connectivity index (χ4n) is 4.53. The first-order valence-corrected chi connectivity index (χ1v) is 12.6. The van der Waals surface area contributed by atoms with Gasteiger partial charge in [0.2, 0.25) is 0 Å². The minimum Gasteiger partial charge on any atom is -0.484 e. The zero-order chi connectivity index (χ0) is 26.3. The minimum absolute atomic E-state index is 0.0374. The van der Waals surface area contributed by atoms with Crippen molar-refractivity contribution in [3.05, 3.63) is 78.8 Å². The molecule has 2 heterocycles. The van der Waals surface area contributed by atoms with Crippen molar-refractivity contribution in [2.45, 2.75) is 31.7 Å². The van der Waals surface area contributed by atoms with E-state index >= 15 is 0 Å². The van der Waals surface area contributed by atoms with Crippen LogP contribution in [0.25, 0.3) is 27.9 Å². The van der Waals surface area contributed by atoms with Gasteiger partial charge >= 0.3 is 0 Å². The van der Waals surface area contributed by atoms with Crippen molar-refractivity contribution in [3.63, 3.8) is 0 Å². The summed E-state index contributed by atoms with van der Waals surface area (Å²) in [6.45, 7) is -0.0374. The van der Waals surface area contributed by atoms with Gasteiger partial charge in [-0.25, -0.2) is 9.97 Å². The molecule has 0 radical (unpaired) electrons. The number of pyridine rings is 1. The van der Waals surface area contributed by atoms with Crippen LogP contribution in [0.15, 0.2) is 73.2 Å². The predicted molar refractivity (Wildman–Crippen MR) is 149 cm³/mol. The molecule has 1 aliphatic rings. The molecule has 5 rings (SSSR count). The number of nitrogens with zero attached hydrogens (tertiary/aromatic N) is 3. The van der Waals surface area contributed by atoms with E-state index in [1.54, 1.807) is 12.4 Å². The molecule has 1 saturated carbocycles. The second-order valence-electron chi connectivity index (χ2n) is 9.12. The summed E-state index contributed by atoms with van der Waals surface area (Å²) in [7, 11) is 0. The lowest BCUT2D eigenvalue weighted by Crippen LogP contribution is -2.36. The van der Waals surface area contributed by atoms with Gasteiger partial charge in [-0.3, -0.25) is 9.78 Å². The van der Waals surface area contributed by atoms with Gasteiger partial charge in [-0.05, 0) is 48.7 Å². The molecule has 4 aromatic rings. The Bertz CT molecular complexity index is 1480. The molecule has 1 fully saturated rings. The maximum atomic E-state index is 12.3. The second-order valence-corrected chi connectivity index (χ2v) is 9.12. The van der Waals surface area contributed by atoms with Crippen LogP contribution in [0.4, 0.5) is 11.5 Å². The summed E-state index contributed by atoms with van der Waals surface area (Å²) in [5.41, 5.74) is 9.36. The molecular weight excluding hydrogens is 478 g/mol. The van der Waals surface area contributed by atoms with Crippen LogP contribution < -0.4 is 21.1 Å². The van der Waals surface area contributed by atoms with Crippen molar-refractivity contribution in [2.24, 2.45) is 5.73 Å². The number of nitrogens with two attached hydrogens (primary N) is 1. The second kappa shape index (κ2) is 11.5. The number of rotatable bonds is 9. The number of hydrogen-bond donors (Lipinski definition) is 4. The Morgan fingerprint density at radius 2 is 1.92 bits per heavy atom. The highest BCUT2D eigenvalue weighted by molar-refractivity contribution is 6.08. The van der Waals surface area contributed by atoms with Gasteiger partial charge < -0.3 is 26.5 Å². The van der Waals surface area contributed by atoms with E-state index in [1.165, 1.54) is 12.4 Å². The number of benzene rings is 2. The molecular formula is C29H29N7O2. The van der Waals surface area contributed by atoms with Crippen molar-refractivity contribution in [1.82, 2.24) is 20.3 Å². The largest absolute Gasteiger partial charge is 0.484 e. The van der Waals surface area contributed by atoms with Crippen molar-refractivity contribution in [1.29, 1.82) is 5.41 Å². The standard InChI is InChI=1S/C29H29N7O2/c30-15-21(16-31)19-8-10-23(11-9-19)34-29-25-12-13-32-17-26(25)35-28(36-29)20-4-3-7-24(14-20)38-18-27(37)33-22-5-1-2-6-22/h3-4,7-17,22,30H,1-2,5-6,18,31H2,(H,33,37)(H,34,35,36)/b21-16+,30-15?. The lowest BCUT2D eigenvalue weighted by atomic mass is 10.1. The topological polar surface area (TPSA) is 139 Å². The van der Waals surface area contributed by atoms with E-state index in [2.05, 4.69) is 15.6 Å². The molecule has 192 valence electrons. The Morgan fingerprint density at radius 3 is 2.68 bits per heavy atom. The number of carbonyl (C=O) groups is 1. The van der Waals surface area contributed by atoms with Crippen LogP contribution in [0.2, 0.25) is 0 Å². The number of anilines is 2. The first kappa shape index (κ1) is 24.9. The third-order valence-corrected chi connectivity index (χ3v) is 6.50. The third kappa shape index (κ3) is 5.78. The third-order valence-electron chi connectivity index (χ3n) is 6.50. The Balaban J connectivity index is 1.37. The normalized spacial score (nSPS) is 13.8. The average Bonchev–Trinajstić information content (AvgIpc) is 3.46. The highest BCUT2D eigenvalue weighted by Crippen LogP contribution is 2.29. The maximum absolute atomic E-state index is 12.3. The Hall–Kier alpha value is -4.79. The van der Waals surface area contributed by atoms with Gasteiger partial charge in [0.25, 0.3) is 5.91 Å². The predicted octanol–water partition coefficient (Wildman–Crippen LogP) is 4.82. The van der Waals surface area contributed by atoms with Crippen molar-refractivity contribution >= 4 is 40.1 Å². The zero-order valence-electron chi connectivity index (χ0n) is 20.9. The van der Waals surface area contributed by atoms with Gasteiger partial charge in [-0.2, -0.15) is 0 Å². The Morgan fingerprint density at radius 1 is 1.11 bits per heavy atom. The number of hydrogen-bond acceptors (Lipinski definition) is 8. The van der Waals surface area contributed by atoms with Gasteiger partial charge in [-0.1, -0.05) is 37.1 Å². The smallest absolute Gasteiger partial charge is 0.258 e. The molecule has 0 saturated heterocycles. The maximum Gasteiger partial charge on any atom is 0.258 e. The lowest BCUT2D eigenvalue weighted by Gasteiger charge is -2.13. The monoisotopic (exact) mass is 507 g/mol. The zero-order valence-corrected chi connectivity index (χ0v) is 20.9. The van der Waals surface area contributed by atoms with Crippen molar-refractivity contribution in [2.75, 3.05) is 11.9 Å². The number of nitrogens with one attached hydrogen (secondary N) is 3. The van der Waals surface area contributed by atoms with Crippen molar-refractivity contribution < 1.29 is 9.53 Å². The summed E-state index contributed by atoms with van der Waals surface area (Å²) in [6.07, 6.45) is 10.4. The molecule has 1 aliphatic carbocycles. The summed E-state index contributed by atoms with van der Waals surface area (Å²) >= 11 is 0. The fourth-order valence-corrected chi connectivity index (χ4v) is 4.53. The lowest BCUT2D eigenvalue weighted by molar-refractivity contribution is -0.123. The SMILES string of the molecule is N=C/C(=C\N)c1ccc(Nc2nc(-c3cccc(OCC(=O)NC4CCCC4)c3)nc3cnccc23)cc1. The van der Waals surface area contributed by atoms with Crippen LogP contribution in [-0.2, 0) is 4.79 Å². The summed E-state index contributed by atoms with van der Waals surface area (Å²) in [4.78, 5) is 26.0. The van der Waals surface area contributed by atoms with Crippen LogP contribution in [0.3, 0.4) is 0 Å². The van der Waals surface area contributed by atoms with Gasteiger partial charge in [0.05, 0.1) is 11.7 Å². The summed E-state index contributed by atoms with van der Waals surface area (Å²) < 4.78 is 5.78. The number of fused-ring (bicyclic) bond motifs is 1. The van der Waals surface area contributed by atoms with Crippen LogP contribution >= 0.6 is 0 Å². The average molecular weight is 508 g/mol. The number of aromatic nitrogens is 3. The molecule has 9 nitrogen and oxygen atoms in total. The van der Waals surface area contributed by atoms with Gasteiger partial charge in [-0.15, -0.1) is 0 Å². The molecule has 0 aliphatic heterocycles. The van der Waals surface area contributed by atoms with Crippen LogP contribution in [-0.4, -0.2) is 39.7 Å². The Kier molecular flexibility index (Phi) is 7.54. The van der Waals surface area contributed by atoms with E-state index in [0.717, 1.165) is 47.9 Å². The van der Waals surface area contributed by atoms with Crippen LogP contribution in [0.5, 0.6) is 5.75 Å². The first-order valence-electron chi connectivity index (χ1n) is 12.6. The van der Waals surface area contributed by atoms with Gasteiger partial charge in [0.15, 0.2) is 12.4 Å². The van der Waals surface area contributed by atoms with E-state index in [9.17, 15) is 4.79 Å². The number of ether oxygens (including phenoxy) is 1. The highest BCUT2D eigenvalue weighted by Gasteiger charge is 2.17. The molecule has 5 N–H and O–H groups in total. The molecule has 2 aromatic heterocycles. The van der Waals surface area contributed by atoms with E-state index < -0.39 is 0 Å². The fraction of sp³-hybridized carbons (Fsp3) is 0.207. The number of carbonyl (C=O) groups excluding carboxylic acids is 1. The molecule has 38 heavy (non-hydrogen) atoms. The summed E-state index contributed by atoms with van der Waals surface area (Å²) in [5, 5.41) is 14.7. The molecule has 1 amide bonds. The van der Waals surface area contributed by atoms with Crippen molar-refractivity contribution in [3.8, 4) is 17.1 Å². The summed E-state index contributed by atoms with van der Waals surface area (Å²) in [6, 6.07) is 17.1. The molecule has 0 atom stereocenters. The van der Waals surface area contributed by atoms with Crippen LogP contribution in [0, 0.1) is 5.41 Å². The highest BCUT2D eigenvalue weighted by atomic mass is 16.5. The molecule has 9 heteroatoms.